The summed E-state index contributed by atoms with van der Waals surface area (Å²) in [7, 11) is -0.580. The van der Waals surface area contributed by atoms with Gasteiger partial charge in [-0.05, 0) is 6.92 Å². The fourth-order valence-electron chi connectivity index (χ4n) is 0.744. The van der Waals surface area contributed by atoms with Gasteiger partial charge in [0.15, 0.2) is 5.13 Å². The molecule has 0 radical (unpaired) electrons. The van der Waals surface area contributed by atoms with Crippen LogP contribution in [0.3, 0.4) is 0 Å². The molecule has 1 aromatic rings. The third-order valence-corrected chi connectivity index (χ3v) is 4.00. The molecule has 3 N–H and O–H groups in total. The van der Waals surface area contributed by atoms with Gasteiger partial charge in [0, 0.05) is 25.5 Å². The quantitative estimate of drug-likeness (QED) is 0.808. The number of aromatic nitrogens is 1. The number of thiazole rings is 1. The van der Waals surface area contributed by atoms with E-state index in [0.717, 1.165) is 4.31 Å². The Morgan fingerprint density at radius 2 is 2.20 bits per heavy atom. The van der Waals surface area contributed by atoms with Gasteiger partial charge in [0.25, 0.3) is 0 Å². The second-order valence-electron chi connectivity index (χ2n) is 3.26. The van der Waals surface area contributed by atoms with Crippen molar-refractivity contribution in [2.75, 3.05) is 18.8 Å². The van der Waals surface area contributed by atoms with E-state index in [9.17, 15) is 8.42 Å². The highest BCUT2D eigenvalue weighted by Gasteiger charge is 2.15. The smallest absolute Gasteiger partial charge is 0.302 e. The van der Waals surface area contributed by atoms with E-state index in [2.05, 4.69) is 9.71 Å². The first-order valence-corrected chi connectivity index (χ1v) is 6.56. The van der Waals surface area contributed by atoms with Crippen LogP contribution in [0, 0.1) is 0 Å². The van der Waals surface area contributed by atoms with E-state index in [1.807, 2.05) is 0 Å². The summed E-state index contributed by atoms with van der Waals surface area (Å²) in [5, 5.41) is 2.06. The molecule has 0 aliphatic carbocycles. The Bertz CT molecular complexity index is 424. The Hall–Kier alpha value is -0.700. The molecule has 15 heavy (non-hydrogen) atoms. The number of anilines is 1. The summed E-state index contributed by atoms with van der Waals surface area (Å²) >= 11 is 1.21. The third kappa shape index (κ3) is 3.13. The minimum Gasteiger partial charge on any atom is -0.323 e. The molecule has 86 valence electrons. The molecule has 0 saturated carbocycles. The van der Waals surface area contributed by atoms with Crippen LogP contribution in [0.4, 0.5) is 5.13 Å². The van der Waals surface area contributed by atoms with Gasteiger partial charge in [0.2, 0.25) is 0 Å². The van der Waals surface area contributed by atoms with E-state index >= 15 is 0 Å². The summed E-state index contributed by atoms with van der Waals surface area (Å²) < 4.78 is 26.3. The van der Waals surface area contributed by atoms with Crippen molar-refractivity contribution in [2.45, 2.75) is 13.0 Å². The van der Waals surface area contributed by atoms with Crippen molar-refractivity contribution in [1.29, 1.82) is 0 Å². The first-order valence-electron chi connectivity index (χ1n) is 4.24. The zero-order valence-corrected chi connectivity index (χ0v) is 10.4. The number of nitrogens with zero attached hydrogens (tertiary/aromatic N) is 2. The maximum Gasteiger partial charge on any atom is 0.302 e. The van der Waals surface area contributed by atoms with Crippen LogP contribution in [-0.4, -0.2) is 31.8 Å². The second kappa shape index (κ2) is 4.44. The number of nitrogens with one attached hydrogen (secondary N) is 1. The molecule has 1 aromatic heterocycles. The summed E-state index contributed by atoms with van der Waals surface area (Å²) in [6, 6.07) is -0.195. The van der Waals surface area contributed by atoms with Crippen LogP contribution in [0.2, 0.25) is 0 Å². The maximum absolute atomic E-state index is 11.4. The Labute approximate surface area is 93.3 Å². The van der Waals surface area contributed by atoms with Gasteiger partial charge < -0.3 is 5.73 Å². The molecular formula is C7H14N4O2S2. The van der Waals surface area contributed by atoms with Crippen molar-refractivity contribution < 1.29 is 8.42 Å². The Morgan fingerprint density at radius 1 is 1.60 bits per heavy atom. The van der Waals surface area contributed by atoms with Crippen LogP contribution in [-0.2, 0) is 10.2 Å². The first-order chi connectivity index (χ1) is 6.83. The zero-order chi connectivity index (χ0) is 11.6. The fourth-order valence-corrected chi connectivity index (χ4v) is 2.36. The number of hydrogen-bond donors (Lipinski definition) is 2. The third-order valence-electron chi connectivity index (χ3n) is 1.69. The highest BCUT2D eigenvalue weighted by atomic mass is 32.2. The minimum atomic E-state index is -3.47. The van der Waals surface area contributed by atoms with Crippen LogP contribution in [0.15, 0.2) is 5.38 Å². The topological polar surface area (TPSA) is 88.3 Å². The van der Waals surface area contributed by atoms with Gasteiger partial charge in [0.1, 0.15) is 0 Å². The van der Waals surface area contributed by atoms with Crippen LogP contribution in [0.25, 0.3) is 0 Å². The van der Waals surface area contributed by atoms with Gasteiger partial charge in [-0.3, -0.25) is 0 Å². The van der Waals surface area contributed by atoms with E-state index in [1.54, 1.807) is 12.3 Å². The SMILES string of the molecule is CC(N)c1csc(NS(=O)(=O)N(C)C)n1. The standard InChI is InChI=1S/C7H14N4O2S2/c1-5(8)6-4-14-7(9-6)10-15(12,13)11(2)3/h4-5H,8H2,1-3H3,(H,9,10). The van der Waals surface area contributed by atoms with Crippen LogP contribution >= 0.6 is 11.3 Å². The van der Waals surface area contributed by atoms with Gasteiger partial charge in [-0.2, -0.15) is 12.7 Å². The van der Waals surface area contributed by atoms with Crippen molar-refractivity contribution >= 4 is 26.7 Å². The van der Waals surface area contributed by atoms with Gasteiger partial charge in [-0.15, -0.1) is 11.3 Å². The normalized spacial score (nSPS) is 14.2. The lowest BCUT2D eigenvalue weighted by Crippen LogP contribution is -2.28. The second-order valence-corrected chi connectivity index (χ2v) is 6.00. The molecule has 1 unspecified atom stereocenters. The van der Waals surface area contributed by atoms with E-state index in [4.69, 9.17) is 5.73 Å². The van der Waals surface area contributed by atoms with Crippen molar-refractivity contribution in [2.24, 2.45) is 5.73 Å². The Morgan fingerprint density at radius 3 is 2.60 bits per heavy atom. The van der Waals surface area contributed by atoms with Crippen LogP contribution < -0.4 is 10.5 Å². The molecule has 0 bridgehead atoms. The molecule has 0 fully saturated rings. The monoisotopic (exact) mass is 250 g/mol. The van der Waals surface area contributed by atoms with E-state index in [0.29, 0.717) is 10.8 Å². The summed E-state index contributed by atoms with van der Waals surface area (Å²) in [5.74, 6) is 0. The summed E-state index contributed by atoms with van der Waals surface area (Å²) in [5.41, 5.74) is 6.28. The average Bonchev–Trinajstić information content (AvgIpc) is 2.51. The minimum absolute atomic E-state index is 0.195. The fraction of sp³-hybridized carbons (Fsp3) is 0.571. The van der Waals surface area contributed by atoms with Crippen LogP contribution in [0.5, 0.6) is 0 Å². The Kier molecular flexibility index (Phi) is 3.66. The predicted octanol–water partition coefficient (Wildman–Crippen LogP) is 0.381. The van der Waals surface area contributed by atoms with Gasteiger partial charge in [-0.1, -0.05) is 0 Å². The van der Waals surface area contributed by atoms with Gasteiger partial charge in [-0.25, -0.2) is 9.71 Å². The average molecular weight is 250 g/mol. The zero-order valence-electron chi connectivity index (χ0n) is 8.76. The first kappa shape index (κ1) is 12.4. The molecule has 6 nitrogen and oxygen atoms in total. The molecule has 0 aliphatic heterocycles. The van der Waals surface area contributed by atoms with Crippen LogP contribution in [0.1, 0.15) is 18.7 Å². The number of hydrogen-bond acceptors (Lipinski definition) is 5. The van der Waals surface area contributed by atoms with Crippen molar-refractivity contribution in [3.05, 3.63) is 11.1 Å². The lowest BCUT2D eigenvalue weighted by atomic mass is 10.3. The number of nitrogens with two attached hydrogens (primary N) is 1. The lowest BCUT2D eigenvalue weighted by molar-refractivity contribution is 0.526. The largest absolute Gasteiger partial charge is 0.323 e. The molecule has 0 amide bonds. The van der Waals surface area contributed by atoms with E-state index in [1.165, 1.54) is 25.4 Å². The lowest BCUT2D eigenvalue weighted by Gasteiger charge is -2.10. The van der Waals surface area contributed by atoms with E-state index < -0.39 is 10.2 Å². The maximum atomic E-state index is 11.4. The molecule has 0 aliphatic rings. The number of rotatable bonds is 4. The van der Waals surface area contributed by atoms with Crippen molar-refractivity contribution in [3.63, 3.8) is 0 Å². The van der Waals surface area contributed by atoms with Crippen molar-refractivity contribution in [3.8, 4) is 0 Å². The predicted molar refractivity (Wildman–Crippen MR) is 60.9 cm³/mol. The molecular weight excluding hydrogens is 236 g/mol. The van der Waals surface area contributed by atoms with Crippen molar-refractivity contribution in [1.82, 2.24) is 9.29 Å². The Balaban J connectivity index is 2.82. The molecule has 1 rings (SSSR count). The van der Waals surface area contributed by atoms with E-state index in [-0.39, 0.29) is 6.04 Å². The molecule has 0 aromatic carbocycles. The highest BCUT2D eigenvalue weighted by Crippen LogP contribution is 2.20. The molecule has 0 saturated heterocycles. The molecule has 0 spiro atoms. The summed E-state index contributed by atoms with van der Waals surface area (Å²) in [6.45, 7) is 1.79. The van der Waals surface area contributed by atoms with Gasteiger partial charge >= 0.3 is 10.2 Å². The molecule has 1 heterocycles. The summed E-state index contributed by atoms with van der Waals surface area (Å²) in [6.07, 6.45) is 0. The molecule has 8 heteroatoms. The molecule has 1 atom stereocenters. The van der Waals surface area contributed by atoms with Gasteiger partial charge in [0.05, 0.1) is 5.69 Å². The highest BCUT2D eigenvalue weighted by molar-refractivity contribution is 7.90. The summed E-state index contributed by atoms with van der Waals surface area (Å²) in [4.78, 5) is 4.05.